The molecule has 1 atom stereocenters. The molecule has 0 spiro atoms. The highest BCUT2D eigenvalue weighted by atomic mass is 16.6. The summed E-state index contributed by atoms with van der Waals surface area (Å²) in [5, 5.41) is 0. The second-order valence-electron chi connectivity index (χ2n) is 7.21. The average Bonchev–Trinajstić information content (AvgIpc) is 2.41. The van der Waals surface area contributed by atoms with Gasteiger partial charge in [0.15, 0.2) is 0 Å². The molecule has 0 aliphatic carbocycles. The third kappa shape index (κ3) is 5.73. The van der Waals surface area contributed by atoms with E-state index in [4.69, 9.17) is 10.5 Å². The van der Waals surface area contributed by atoms with Crippen molar-refractivity contribution in [3.05, 3.63) is 0 Å². The molecule has 0 radical (unpaired) electrons. The maximum Gasteiger partial charge on any atom is 0.410 e. The molecule has 1 heterocycles. The van der Waals surface area contributed by atoms with Crippen LogP contribution in [0.4, 0.5) is 4.79 Å². The van der Waals surface area contributed by atoms with E-state index in [2.05, 4.69) is 0 Å². The molecule has 0 aromatic carbocycles. The van der Waals surface area contributed by atoms with Gasteiger partial charge in [-0.2, -0.15) is 0 Å². The number of primary amides is 1. The summed E-state index contributed by atoms with van der Waals surface area (Å²) >= 11 is 0. The van der Waals surface area contributed by atoms with Gasteiger partial charge in [0.1, 0.15) is 11.6 Å². The van der Waals surface area contributed by atoms with Gasteiger partial charge < -0.3 is 15.4 Å². The summed E-state index contributed by atoms with van der Waals surface area (Å²) in [7, 11) is 0. The van der Waals surface area contributed by atoms with Crippen LogP contribution in [-0.4, -0.2) is 58.5 Å². The largest absolute Gasteiger partial charge is 0.444 e. The lowest BCUT2D eigenvalue weighted by molar-refractivity contribution is -0.142. The monoisotopic (exact) mass is 327 g/mol. The zero-order valence-electron chi connectivity index (χ0n) is 14.8. The molecule has 0 saturated carbocycles. The maximum absolute atomic E-state index is 12.8. The van der Waals surface area contributed by atoms with Gasteiger partial charge in [0.2, 0.25) is 11.8 Å². The van der Waals surface area contributed by atoms with Gasteiger partial charge in [-0.05, 0) is 53.9 Å². The summed E-state index contributed by atoms with van der Waals surface area (Å²) in [6.45, 7) is 9.35. The lowest BCUT2D eigenvalue weighted by atomic mass is 10.0. The highest BCUT2D eigenvalue weighted by Gasteiger charge is 2.37. The third-order valence-corrected chi connectivity index (χ3v) is 3.65. The van der Waals surface area contributed by atoms with Gasteiger partial charge in [-0.3, -0.25) is 14.5 Å². The number of hydrogen-bond donors (Lipinski definition) is 1. The molecule has 1 aliphatic heterocycles. The second kappa shape index (κ2) is 7.66. The van der Waals surface area contributed by atoms with Crippen molar-refractivity contribution in [2.45, 2.75) is 71.6 Å². The molecule has 0 bridgehead atoms. The molecule has 2 N–H and O–H groups in total. The van der Waals surface area contributed by atoms with Crippen LogP contribution in [0.15, 0.2) is 0 Å². The smallest absolute Gasteiger partial charge is 0.410 e. The van der Waals surface area contributed by atoms with E-state index in [0.29, 0.717) is 13.0 Å². The minimum Gasteiger partial charge on any atom is -0.444 e. The molecule has 1 saturated heterocycles. The first-order valence-electron chi connectivity index (χ1n) is 8.11. The van der Waals surface area contributed by atoms with Crippen LogP contribution in [0.2, 0.25) is 0 Å². The molecule has 1 fully saturated rings. The Kier molecular flexibility index (Phi) is 6.41. The van der Waals surface area contributed by atoms with E-state index in [9.17, 15) is 14.4 Å². The second-order valence-corrected chi connectivity index (χ2v) is 7.21. The van der Waals surface area contributed by atoms with E-state index in [1.165, 1.54) is 9.80 Å². The molecule has 0 unspecified atom stereocenters. The minimum absolute atomic E-state index is 0.144. The quantitative estimate of drug-likeness (QED) is 0.847. The Morgan fingerprint density at radius 1 is 1.26 bits per heavy atom. The molecule has 7 heteroatoms. The number of piperidine rings is 1. The van der Waals surface area contributed by atoms with Crippen molar-refractivity contribution < 1.29 is 19.1 Å². The Morgan fingerprint density at radius 2 is 1.87 bits per heavy atom. The van der Waals surface area contributed by atoms with Gasteiger partial charge in [-0.1, -0.05) is 0 Å². The highest BCUT2D eigenvalue weighted by Crippen LogP contribution is 2.22. The summed E-state index contributed by atoms with van der Waals surface area (Å²) in [5.41, 5.74) is 4.62. The zero-order chi connectivity index (χ0) is 17.8. The predicted octanol–water partition coefficient (Wildman–Crippen LogP) is 1.50. The molecule has 23 heavy (non-hydrogen) atoms. The summed E-state index contributed by atoms with van der Waals surface area (Å²) in [6, 6.07) is -0.766. The molecular weight excluding hydrogens is 298 g/mol. The lowest BCUT2D eigenvalue weighted by Gasteiger charge is -2.39. The van der Waals surface area contributed by atoms with Crippen LogP contribution in [0.25, 0.3) is 0 Å². The number of rotatable bonds is 4. The molecule has 1 rings (SSSR count). The van der Waals surface area contributed by atoms with E-state index in [1.54, 1.807) is 20.8 Å². The van der Waals surface area contributed by atoms with Crippen LogP contribution in [0, 0.1) is 0 Å². The van der Waals surface area contributed by atoms with E-state index in [0.717, 1.165) is 12.8 Å². The fraction of sp³-hybridized carbons (Fsp3) is 0.812. The van der Waals surface area contributed by atoms with E-state index < -0.39 is 23.6 Å². The van der Waals surface area contributed by atoms with Crippen molar-refractivity contribution in [1.82, 2.24) is 9.80 Å². The lowest BCUT2D eigenvalue weighted by Crippen LogP contribution is -2.56. The van der Waals surface area contributed by atoms with Crippen LogP contribution < -0.4 is 5.73 Å². The topological polar surface area (TPSA) is 92.9 Å². The van der Waals surface area contributed by atoms with Crippen LogP contribution in [0.5, 0.6) is 0 Å². The van der Waals surface area contributed by atoms with Crippen molar-refractivity contribution >= 4 is 17.9 Å². The summed E-state index contributed by atoms with van der Waals surface area (Å²) < 4.78 is 5.40. The first kappa shape index (κ1) is 19.3. The van der Waals surface area contributed by atoms with Gasteiger partial charge in [-0.15, -0.1) is 0 Å². The number of nitrogens with two attached hydrogens (primary N) is 1. The number of hydrogen-bond acceptors (Lipinski definition) is 4. The fourth-order valence-electron chi connectivity index (χ4n) is 2.60. The summed E-state index contributed by atoms with van der Waals surface area (Å²) in [4.78, 5) is 39.3. The normalized spacial score (nSPS) is 18.7. The Bertz CT molecular complexity index is 457. The SMILES string of the molecule is CC(C)N(CC(N)=O)C(=O)[C@@H]1CCCCN1C(=O)OC(C)(C)C. The highest BCUT2D eigenvalue weighted by molar-refractivity contribution is 5.89. The van der Waals surface area contributed by atoms with Gasteiger partial charge in [0.25, 0.3) is 0 Å². The van der Waals surface area contributed by atoms with Crippen LogP contribution >= 0.6 is 0 Å². The van der Waals surface area contributed by atoms with Crippen LogP contribution in [0.1, 0.15) is 53.9 Å². The van der Waals surface area contributed by atoms with E-state index >= 15 is 0 Å². The standard InChI is InChI=1S/C16H29N3O4/c1-11(2)19(10-13(17)20)14(21)12-8-6-7-9-18(12)15(22)23-16(3,4)5/h11-12H,6-10H2,1-5H3,(H2,17,20)/t12-/m0/s1. The number of carbonyl (C=O) groups is 3. The van der Waals surface area contributed by atoms with Crippen molar-refractivity contribution in [2.75, 3.05) is 13.1 Å². The summed E-state index contributed by atoms with van der Waals surface area (Å²) in [5.74, 6) is -0.809. The predicted molar refractivity (Wildman–Crippen MR) is 86.6 cm³/mol. The van der Waals surface area contributed by atoms with Gasteiger partial charge in [0.05, 0.1) is 6.54 Å². The van der Waals surface area contributed by atoms with E-state index in [1.807, 2.05) is 13.8 Å². The molecular formula is C16H29N3O4. The molecule has 3 amide bonds. The Labute approximate surface area is 138 Å². The van der Waals surface area contributed by atoms with Crippen molar-refractivity contribution in [2.24, 2.45) is 5.73 Å². The van der Waals surface area contributed by atoms with Gasteiger partial charge >= 0.3 is 6.09 Å². The number of amides is 3. The Balaban J connectivity index is 2.93. The van der Waals surface area contributed by atoms with Crippen molar-refractivity contribution in [3.8, 4) is 0 Å². The number of likely N-dealkylation sites (tertiary alicyclic amines) is 1. The Hall–Kier alpha value is -1.79. The number of carbonyl (C=O) groups excluding carboxylic acids is 3. The molecule has 7 nitrogen and oxygen atoms in total. The molecule has 0 aromatic heterocycles. The number of nitrogens with zero attached hydrogens (tertiary/aromatic N) is 2. The maximum atomic E-state index is 12.8. The molecule has 0 aromatic rings. The minimum atomic E-state index is -0.618. The third-order valence-electron chi connectivity index (χ3n) is 3.65. The van der Waals surface area contributed by atoms with Crippen molar-refractivity contribution in [1.29, 1.82) is 0 Å². The fourth-order valence-corrected chi connectivity index (χ4v) is 2.60. The zero-order valence-corrected chi connectivity index (χ0v) is 14.8. The average molecular weight is 327 g/mol. The van der Waals surface area contributed by atoms with Crippen molar-refractivity contribution in [3.63, 3.8) is 0 Å². The van der Waals surface area contributed by atoms with Crippen LogP contribution in [-0.2, 0) is 14.3 Å². The molecule has 132 valence electrons. The van der Waals surface area contributed by atoms with Crippen LogP contribution in [0.3, 0.4) is 0 Å². The van der Waals surface area contributed by atoms with Gasteiger partial charge in [0, 0.05) is 12.6 Å². The first-order valence-corrected chi connectivity index (χ1v) is 8.11. The number of ether oxygens (including phenoxy) is 1. The van der Waals surface area contributed by atoms with E-state index in [-0.39, 0.29) is 18.5 Å². The molecule has 1 aliphatic rings. The summed E-state index contributed by atoms with van der Waals surface area (Å²) in [6.07, 6.45) is 1.78. The van der Waals surface area contributed by atoms with Gasteiger partial charge in [-0.25, -0.2) is 4.79 Å². The first-order chi connectivity index (χ1) is 10.5. The Morgan fingerprint density at radius 3 is 2.35 bits per heavy atom.